The van der Waals surface area contributed by atoms with Crippen molar-refractivity contribution < 1.29 is 29.0 Å². The van der Waals surface area contributed by atoms with Crippen LogP contribution in [0.25, 0.3) is 0 Å². The van der Waals surface area contributed by atoms with E-state index in [1.165, 1.54) is 0 Å². The Morgan fingerprint density at radius 2 is 1.65 bits per heavy atom. The van der Waals surface area contributed by atoms with Crippen molar-refractivity contribution in [1.29, 1.82) is 0 Å². The van der Waals surface area contributed by atoms with Crippen molar-refractivity contribution in [2.45, 2.75) is 26.2 Å². The minimum Gasteiger partial charge on any atom is -0.481 e. The van der Waals surface area contributed by atoms with Gasteiger partial charge in [0.05, 0.1) is 19.4 Å². The number of hydrogen-bond acceptors (Lipinski definition) is 5. The van der Waals surface area contributed by atoms with Crippen LogP contribution in [-0.2, 0) is 14.3 Å². The Hall–Kier alpha value is -2.76. The lowest BCUT2D eigenvalue weighted by Crippen LogP contribution is -2.22. The summed E-state index contributed by atoms with van der Waals surface area (Å²) >= 11 is 0. The first kappa shape index (κ1) is 16.6. The van der Waals surface area contributed by atoms with Gasteiger partial charge in [-0.25, -0.2) is 0 Å². The lowest BCUT2D eigenvalue weighted by atomic mass is 9.83. The molecule has 0 atom stereocenters. The van der Waals surface area contributed by atoms with Crippen LogP contribution in [0, 0.1) is 0 Å². The van der Waals surface area contributed by atoms with E-state index in [2.05, 4.69) is 0 Å². The highest BCUT2D eigenvalue weighted by Crippen LogP contribution is 2.27. The molecule has 0 aromatic heterocycles. The molecule has 6 nitrogen and oxygen atoms in total. The number of carboxylic acids is 1. The summed E-state index contributed by atoms with van der Waals surface area (Å²) in [4.78, 5) is 46.4. The maximum Gasteiger partial charge on any atom is 0.306 e. The van der Waals surface area contributed by atoms with Gasteiger partial charge in [-0.1, -0.05) is 24.3 Å². The number of carbonyl (C=O) groups is 4. The van der Waals surface area contributed by atoms with Gasteiger partial charge in [-0.2, -0.15) is 0 Å². The fourth-order valence-electron chi connectivity index (χ4n) is 2.40. The van der Waals surface area contributed by atoms with E-state index >= 15 is 0 Å². The third-order valence-electron chi connectivity index (χ3n) is 3.64. The van der Waals surface area contributed by atoms with Gasteiger partial charge in [0.2, 0.25) is 0 Å². The molecule has 23 heavy (non-hydrogen) atoms. The van der Waals surface area contributed by atoms with E-state index < -0.39 is 11.9 Å². The minimum atomic E-state index is -1.08. The lowest BCUT2D eigenvalue weighted by molar-refractivity contribution is -0.147. The second kappa shape index (κ2) is 7.00. The van der Waals surface area contributed by atoms with Crippen LogP contribution in [0.1, 0.15) is 46.9 Å². The Bertz CT molecular complexity index is 714. The third kappa shape index (κ3) is 3.71. The van der Waals surface area contributed by atoms with Crippen LogP contribution in [0.5, 0.6) is 0 Å². The van der Waals surface area contributed by atoms with Crippen molar-refractivity contribution >= 4 is 23.5 Å². The van der Waals surface area contributed by atoms with Gasteiger partial charge in [0, 0.05) is 28.7 Å². The SMILES string of the molecule is CC1=C(CCOC(=O)CCC(=O)O)C(=O)c2ccccc2C1=O. The first-order chi connectivity index (χ1) is 10.9. The van der Waals surface area contributed by atoms with Crippen molar-refractivity contribution in [3.63, 3.8) is 0 Å². The predicted molar refractivity (Wildman–Crippen MR) is 80.2 cm³/mol. The topological polar surface area (TPSA) is 97.7 Å². The van der Waals surface area contributed by atoms with E-state index in [0.717, 1.165) is 0 Å². The van der Waals surface area contributed by atoms with Crippen LogP contribution < -0.4 is 0 Å². The zero-order valence-corrected chi connectivity index (χ0v) is 12.6. The molecular weight excluding hydrogens is 300 g/mol. The molecule has 0 saturated carbocycles. The Labute approximate surface area is 132 Å². The molecule has 2 rings (SSSR count). The normalized spacial score (nSPS) is 13.8. The van der Waals surface area contributed by atoms with E-state index in [4.69, 9.17) is 9.84 Å². The average molecular weight is 316 g/mol. The van der Waals surface area contributed by atoms with Gasteiger partial charge >= 0.3 is 11.9 Å². The van der Waals surface area contributed by atoms with Crippen LogP contribution in [0.3, 0.4) is 0 Å². The minimum absolute atomic E-state index is 0.0632. The summed E-state index contributed by atoms with van der Waals surface area (Å²) in [7, 11) is 0. The Morgan fingerprint density at radius 3 is 2.26 bits per heavy atom. The van der Waals surface area contributed by atoms with Crippen LogP contribution >= 0.6 is 0 Å². The Morgan fingerprint density at radius 1 is 1.04 bits per heavy atom. The quantitative estimate of drug-likeness (QED) is 0.808. The lowest BCUT2D eigenvalue weighted by Gasteiger charge is -2.18. The largest absolute Gasteiger partial charge is 0.481 e. The fraction of sp³-hybridized carbons (Fsp3) is 0.294. The molecule has 1 aliphatic carbocycles. The first-order valence-electron chi connectivity index (χ1n) is 7.17. The number of hydrogen-bond donors (Lipinski definition) is 1. The van der Waals surface area contributed by atoms with Crippen LogP contribution in [0.2, 0.25) is 0 Å². The molecule has 0 radical (unpaired) electrons. The van der Waals surface area contributed by atoms with Gasteiger partial charge < -0.3 is 9.84 Å². The first-order valence-corrected chi connectivity index (χ1v) is 7.17. The van der Waals surface area contributed by atoms with Gasteiger partial charge in [-0.05, 0) is 6.92 Å². The molecule has 1 aromatic carbocycles. The smallest absolute Gasteiger partial charge is 0.306 e. The number of esters is 1. The molecule has 1 aliphatic rings. The van der Waals surface area contributed by atoms with E-state index in [-0.39, 0.29) is 37.4 Å². The summed E-state index contributed by atoms with van der Waals surface area (Å²) in [6, 6.07) is 6.60. The number of ketones is 2. The second-order valence-corrected chi connectivity index (χ2v) is 5.17. The number of fused-ring (bicyclic) bond motifs is 1. The molecule has 0 amide bonds. The number of rotatable bonds is 6. The van der Waals surface area contributed by atoms with Gasteiger partial charge in [0.1, 0.15) is 0 Å². The maximum atomic E-state index is 12.4. The predicted octanol–water partition coefficient (Wildman–Crippen LogP) is 2.18. The highest BCUT2D eigenvalue weighted by Gasteiger charge is 2.29. The maximum absolute atomic E-state index is 12.4. The van der Waals surface area contributed by atoms with Crippen molar-refractivity contribution in [3.05, 3.63) is 46.5 Å². The third-order valence-corrected chi connectivity index (χ3v) is 3.64. The summed E-state index contributed by atoms with van der Waals surface area (Å²) in [5.74, 6) is -2.16. The van der Waals surface area contributed by atoms with Crippen molar-refractivity contribution in [1.82, 2.24) is 0 Å². The molecule has 0 unspecified atom stereocenters. The monoisotopic (exact) mass is 316 g/mol. The summed E-state index contributed by atoms with van der Waals surface area (Å²) in [5.41, 5.74) is 1.43. The average Bonchev–Trinajstić information content (AvgIpc) is 2.54. The van der Waals surface area contributed by atoms with Crippen LogP contribution in [-0.4, -0.2) is 35.2 Å². The van der Waals surface area contributed by atoms with E-state index in [1.54, 1.807) is 31.2 Å². The highest BCUT2D eigenvalue weighted by molar-refractivity contribution is 6.26. The van der Waals surface area contributed by atoms with E-state index in [1.807, 2.05) is 0 Å². The summed E-state index contributed by atoms with van der Waals surface area (Å²) < 4.78 is 4.92. The second-order valence-electron chi connectivity index (χ2n) is 5.17. The molecule has 0 spiro atoms. The van der Waals surface area contributed by atoms with Crippen LogP contribution in [0.4, 0.5) is 0 Å². The molecular formula is C17H16O6. The fourth-order valence-corrected chi connectivity index (χ4v) is 2.40. The molecule has 0 saturated heterocycles. The Balaban J connectivity index is 2.02. The van der Waals surface area contributed by atoms with E-state index in [9.17, 15) is 19.2 Å². The zero-order chi connectivity index (χ0) is 17.0. The summed E-state index contributed by atoms with van der Waals surface area (Å²) in [5, 5.41) is 8.49. The molecule has 0 fully saturated rings. The number of ether oxygens (including phenoxy) is 1. The number of allylic oxidation sites excluding steroid dienone is 1. The summed E-state index contributed by atoms with van der Waals surface area (Å²) in [6.45, 7) is 1.52. The zero-order valence-electron chi connectivity index (χ0n) is 12.6. The number of carbonyl (C=O) groups excluding carboxylic acids is 3. The molecule has 120 valence electrons. The summed E-state index contributed by atoms with van der Waals surface area (Å²) in [6.07, 6.45) is -0.391. The number of Topliss-reactive ketones (excluding diaryl/α,β-unsaturated/α-hetero) is 2. The standard InChI is InChI=1S/C17H16O6/c1-10-11(8-9-23-15(20)7-6-14(18)19)17(22)13-5-3-2-4-12(13)16(10)21/h2-5H,6-9H2,1H3,(H,18,19). The van der Waals surface area contributed by atoms with Crippen molar-refractivity contribution in [2.75, 3.05) is 6.61 Å². The number of aliphatic carboxylic acids is 1. The van der Waals surface area contributed by atoms with Crippen LogP contribution in [0.15, 0.2) is 35.4 Å². The Kier molecular flexibility index (Phi) is 5.05. The number of benzene rings is 1. The highest BCUT2D eigenvalue weighted by atomic mass is 16.5. The molecule has 1 N–H and O–H groups in total. The van der Waals surface area contributed by atoms with Gasteiger partial charge in [-0.15, -0.1) is 0 Å². The van der Waals surface area contributed by atoms with Crippen molar-refractivity contribution in [2.24, 2.45) is 0 Å². The number of carboxylic acid groups (broad SMARTS) is 1. The molecule has 0 heterocycles. The van der Waals surface area contributed by atoms with Crippen molar-refractivity contribution in [3.8, 4) is 0 Å². The molecule has 0 bridgehead atoms. The molecule has 0 aliphatic heterocycles. The van der Waals surface area contributed by atoms with E-state index in [0.29, 0.717) is 22.3 Å². The van der Waals surface area contributed by atoms with Gasteiger partial charge in [0.15, 0.2) is 11.6 Å². The molecule has 1 aromatic rings. The van der Waals surface area contributed by atoms with Gasteiger partial charge in [-0.3, -0.25) is 19.2 Å². The molecule has 6 heteroatoms. The van der Waals surface area contributed by atoms with Gasteiger partial charge in [0.25, 0.3) is 0 Å².